The Morgan fingerprint density at radius 2 is 1.50 bits per heavy atom. The summed E-state index contributed by atoms with van der Waals surface area (Å²) in [5.41, 5.74) is 0. The Morgan fingerprint density at radius 3 is 2.03 bits per heavy atom. The summed E-state index contributed by atoms with van der Waals surface area (Å²) in [5.74, 6) is -3.34. The van der Waals surface area contributed by atoms with Crippen molar-refractivity contribution in [3.63, 3.8) is 0 Å². The lowest BCUT2D eigenvalue weighted by molar-refractivity contribution is -0.277. The van der Waals surface area contributed by atoms with E-state index in [1.54, 1.807) is 0 Å². The second-order valence-corrected chi connectivity index (χ2v) is 7.30. The minimum absolute atomic E-state index is 0.0392. The molecule has 32 heavy (non-hydrogen) atoms. The summed E-state index contributed by atoms with van der Waals surface area (Å²) in [7, 11) is 0. The van der Waals surface area contributed by atoms with E-state index < -0.39 is 60.4 Å². The maximum Gasteiger partial charge on any atom is 0.303 e. The molecule has 1 aliphatic heterocycles. The second kappa shape index (κ2) is 13.6. The highest BCUT2D eigenvalue weighted by Gasteiger charge is 2.51. The molecule has 5 atom stereocenters. The number of aliphatic carboxylic acids is 1. The summed E-state index contributed by atoms with van der Waals surface area (Å²) in [6, 6.07) is -1.02. The molecule has 1 saturated heterocycles. The lowest BCUT2D eigenvalue weighted by atomic mass is 9.96. The van der Waals surface area contributed by atoms with Crippen LogP contribution < -0.4 is 5.32 Å². The van der Waals surface area contributed by atoms with E-state index in [2.05, 4.69) is 5.32 Å². The number of rotatable bonds is 12. The molecule has 12 heteroatoms. The number of carboxylic acids is 1. The monoisotopic (exact) mass is 461 g/mol. The summed E-state index contributed by atoms with van der Waals surface area (Å²) in [6.07, 6.45) is -2.89. The molecule has 2 N–H and O–H groups in total. The zero-order valence-electron chi connectivity index (χ0n) is 18.7. The summed E-state index contributed by atoms with van der Waals surface area (Å²) < 4.78 is 27.2. The van der Waals surface area contributed by atoms with Gasteiger partial charge in [-0.2, -0.15) is 0 Å². The highest BCUT2D eigenvalue weighted by atomic mass is 16.7. The number of hydrogen-bond donors (Lipinski definition) is 2. The number of nitrogens with one attached hydrogen (secondary N) is 1. The summed E-state index contributed by atoms with van der Waals surface area (Å²) in [6.45, 7) is 4.60. The molecule has 2 unspecified atom stereocenters. The molecule has 0 aromatic rings. The minimum Gasteiger partial charge on any atom is -0.481 e. The van der Waals surface area contributed by atoms with Crippen molar-refractivity contribution >= 4 is 29.8 Å². The number of carboxylic acid groups (broad SMARTS) is 1. The van der Waals surface area contributed by atoms with E-state index in [0.29, 0.717) is 19.3 Å². The van der Waals surface area contributed by atoms with Crippen molar-refractivity contribution in [2.75, 3.05) is 13.2 Å². The Balaban J connectivity index is 3.05. The summed E-state index contributed by atoms with van der Waals surface area (Å²) >= 11 is 0. The van der Waals surface area contributed by atoms with Crippen molar-refractivity contribution in [3.8, 4) is 0 Å². The second-order valence-electron chi connectivity index (χ2n) is 7.30. The van der Waals surface area contributed by atoms with Crippen LogP contribution in [0.5, 0.6) is 0 Å². The van der Waals surface area contributed by atoms with E-state index >= 15 is 0 Å². The van der Waals surface area contributed by atoms with Crippen LogP contribution in [0.1, 0.15) is 53.4 Å². The predicted molar refractivity (Wildman–Crippen MR) is 106 cm³/mol. The van der Waals surface area contributed by atoms with Gasteiger partial charge in [0.1, 0.15) is 18.8 Å². The summed E-state index contributed by atoms with van der Waals surface area (Å²) in [5, 5.41) is 11.3. The first-order valence-corrected chi connectivity index (χ1v) is 10.2. The van der Waals surface area contributed by atoms with Gasteiger partial charge in [0.05, 0.1) is 0 Å². The van der Waals surface area contributed by atoms with E-state index in [1.165, 1.54) is 13.8 Å². The van der Waals surface area contributed by atoms with Gasteiger partial charge in [-0.05, 0) is 12.8 Å². The Bertz CT molecular complexity index is 680. The molecule has 1 aliphatic rings. The predicted octanol–water partition coefficient (Wildman–Crippen LogP) is 0.304. The molecule has 0 aromatic heterocycles. The zero-order chi connectivity index (χ0) is 24.3. The van der Waals surface area contributed by atoms with Gasteiger partial charge in [0.15, 0.2) is 18.5 Å². The molecular weight excluding hydrogens is 430 g/mol. The van der Waals surface area contributed by atoms with Crippen LogP contribution in [-0.2, 0) is 47.7 Å². The highest BCUT2D eigenvalue weighted by molar-refractivity contribution is 5.73. The molecule has 1 amide bonds. The Morgan fingerprint density at radius 1 is 0.875 bits per heavy atom. The van der Waals surface area contributed by atoms with Gasteiger partial charge in [-0.1, -0.05) is 6.42 Å². The normalized spacial score (nSPS) is 24.8. The number of carbonyl (C=O) groups is 5. The minimum atomic E-state index is -1.18. The fourth-order valence-corrected chi connectivity index (χ4v) is 3.19. The maximum atomic E-state index is 11.8. The van der Waals surface area contributed by atoms with Crippen molar-refractivity contribution in [2.45, 2.75) is 84.0 Å². The SMILES string of the molecule is CC(=O)N[C@H]1C(OC(C)=O)[C@@H](OC(C)=O)C(COC(C)=O)O[C@H]1OCCCCCC(=O)O. The van der Waals surface area contributed by atoms with Gasteiger partial charge in [0.25, 0.3) is 0 Å². The van der Waals surface area contributed by atoms with Crippen LogP contribution in [0.4, 0.5) is 0 Å². The standard InChI is InChI=1S/C20H31NO11/c1-11(22)21-17-19(31-14(4)25)18(30-13(3)24)15(10-29-12(2)23)32-20(17)28-9-7-5-6-8-16(26)27/h15,17-20H,5-10H2,1-4H3,(H,21,22)(H,26,27)/t15?,17-,18-,19?,20+/m0/s1. The quantitative estimate of drug-likeness (QED) is 0.233. The Hall–Kier alpha value is -2.73. The number of carbonyl (C=O) groups excluding carboxylic acids is 4. The number of esters is 3. The number of unbranched alkanes of at least 4 members (excludes halogenated alkanes) is 2. The third-order valence-electron chi connectivity index (χ3n) is 4.39. The maximum absolute atomic E-state index is 11.8. The average Bonchev–Trinajstić information content (AvgIpc) is 2.65. The molecule has 0 aromatic carbocycles. The van der Waals surface area contributed by atoms with Crippen molar-refractivity contribution in [3.05, 3.63) is 0 Å². The van der Waals surface area contributed by atoms with Gasteiger partial charge in [0, 0.05) is 40.7 Å². The van der Waals surface area contributed by atoms with E-state index in [0.717, 1.165) is 13.8 Å². The zero-order valence-corrected chi connectivity index (χ0v) is 18.7. The van der Waals surface area contributed by atoms with Crippen molar-refractivity contribution in [1.29, 1.82) is 0 Å². The topological polar surface area (TPSA) is 164 Å². The number of hydrogen-bond acceptors (Lipinski definition) is 10. The van der Waals surface area contributed by atoms with E-state index in [1.807, 2.05) is 0 Å². The van der Waals surface area contributed by atoms with Crippen LogP contribution in [0.15, 0.2) is 0 Å². The van der Waals surface area contributed by atoms with Crippen LogP contribution in [0.3, 0.4) is 0 Å². The molecule has 1 fully saturated rings. The first-order chi connectivity index (χ1) is 15.0. The molecule has 1 heterocycles. The van der Waals surface area contributed by atoms with Crippen molar-refractivity contribution in [2.24, 2.45) is 0 Å². The fourth-order valence-electron chi connectivity index (χ4n) is 3.19. The van der Waals surface area contributed by atoms with E-state index in [-0.39, 0.29) is 19.6 Å². The Kier molecular flexibility index (Phi) is 11.6. The van der Waals surface area contributed by atoms with Gasteiger partial charge >= 0.3 is 23.9 Å². The molecule has 0 saturated carbocycles. The van der Waals surface area contributed by atoms with Gasteiger partial charge in [-0.25, -0.2) is 0 Å². The third-order valence-corrected chi connectivity index (χ3v) is 4.39. The van der Waals surface area contributed by atoms with Gasteiger partial charge < -0.3 is 34.1 Å². The smallest absolute Gasteiger partial charge is 0.303 e. The summed E-state index contributed by atoms with van der Waals surface area (Å²) in [4.78, 5) is 57.1. The number of ether oxygens (including phenoxy) is 5. The fraction of sp³-hybridized carbons (Fsp3) is 0.750. The lowest BCUT2D eigenvalue weighted by Crippen LogP contribution is -2.66. The molecule has 12 nitrogen and oxygen atoms in total. The largest absolute Gasteiger partial charge is 0.481 e. The highest BCUT2D eigenvalue weighted by Crippen LogP contribution is 2.28. The van der Waals surface area contributed by atoms with E-state index in [9.17, 15) is 24.0 Å². The molecule has 0 bridgehead atoms. The Labute approximate surface area is 185 Å². The average molecular weight is 461 g/mol. The van der Waals surface area contributed by atoms with Gasteiger partial charge in [0.2, 0.25) is 5.91 Å². The van der Waals surface area contributed by atoms with Crippen LogP contribution >= 0.6 is 0 Å². The molecule has 0 radical (unpaired) electrons. The van der Waals surface area contributed by atoms with Gasteiger partial charge in [-0.15, -0.1) is 0 Å². The van der Waals surface area contributed by atoms with Crippen LogP contribution in [-0.4, -0.2) is 78.7 Å². The number of amides is 1. The van der Waals surface area contributed by atoms with Crippen molar-refractivity contribution < 1.29 is 52.8 Å². The van der Waals surface area contributed by atoms with Crippen LogP contribution in [0.2, 0.25) is 0 Å². The lowest BCUT2D eigenvalue weighted by Gasteiger charge is -2.44. The first kappa shape index (κ1) is 27.3. The van der Waals surface area contributed by atoms with E-state index in [4.69, 9.17) is 28.8 Å². The molecule has 182 valence electrons. The molecule has 0 aliphatic carbocycles. The molecular formula is C20H31NO11. The first-order valence-electron chi connectivity index (χ1n) is 10.2. The third kappa shape index (κ3) is 10.1. The van der Waals surface area contributed by atoms with Crippen LogP contribution in [0, 0.1) is 0 Å². The van der Waals surface area contributed by atoms with Gasteiger partial charge in [-0.3, -0.25) is 24.0 Å². The molecule has 1 rings (SSSR count). The van der Waals surface area contributed by atoms with Crippen LogP contribution in [0.25, 0.3) is 0 Å². The molecule has 0 spiro atoms. The van der Waals surface area contributed by atoms with Crippen molar-refractivity contribution in [1.82, 2.24) is 5.32 Å².